The first-order valence-electron chi connectivity index (χ1n) is 9.46. The van der Waals surface area contributed by atoms with Gasteiger partial charge in [0.05, 0.1) is 16.8 Å². The van der Waals surface area contributed by atoms with Gasteiger partial charge in [0.15, 0.2) is 0 Å². The van der Waals surface area contributed by atoms with E-state index in [0.29, 0.717) is 27.9 Å². The Morgan fingerprint density at radius 3 is 2.69 bits per heavy atom. The SMILES string of the molecule is NC(=O)c1cccc(Oc2ccc(NC(=O)Cn3ccc4cc([N+](=O)[O-])ccc43)cn2)c1. The van der Waals surface area contributed by atoms with Gasteiger partial charge in [0.2, 0.25) is 17.7 Å². The van der Waals surface area contributed by atoms with Gasteiger partial charge in [-0.1, -0.05) is 6.07 Å². The summed E-state index contributed by atoms with van der Waals surface area (Å²) in [6.45, 7) is 0.0273. The molecule has 2 aromatic heterocycles. The number of ether oxygens (including phenoxy) is 1. The molecule has 2 heterocycles. The Hall–Kier alpha value is -4.73. The van der Waals surface area contributed by atoms with Crippen LogP contribution < -0.4 is 15.8 Å². The number of nitro groups is 1. The van der Waals surface area contributed by atoms with Crippen LogP contribution in [0, 0.1) is 10.1 Å². The number of hydrogen-bond acceptors (Lipinski definition) is 6. The third kappa shape index (κ3) is 4.54. The van der Waals surface area contributed by atoms with Crippen LogP contribution in [-0.2, 0) is 11.3 Å². The van der Waals surface area contributed by atoms with E-state index < -0.39 is 10.8 Å². The highest BCUT2D eigenvalue weighted by molar-refractivity contribution is 5.93. The third-order valence-corrected chi connectivity index (χ3v) is 4.64. The number of pyridine rings is 1. The van der Waals surface area contributed by atoms with Crippen molar-refractivity contribution in [3.05, 3.63) is 88.7 Å². The molecular formula is C22H17N5O5. The standard InChI is InChI=1S/C22H17N5O5/c23-22(29)15-2-1-3-18(11-15)32-21-7-4-16(12-24-21)25-20(28)13-26-9-8-14-10-17(27(30)31)5-6-19(14)26/h1-12H,13H2,(H2,23,29)(H,25,28). The molecule has 3 N–H and O–H groups in total. The van der Waals surface area contributed by atoms with Gasteiger partial charge in [0, 0.05) is 40.9 Å². The van der Waals surface area contributed by atoms with Gasteiger partial charge >= 0.3 is 0 Å². The molecule has 160 valence electrons. The fraction of sp³-hybridized carbons (Fsp3) is 0.0455. The van der Waals surface area contributed by atoms with E-state index in [0.717, 1.165) is 0 Å². The largest absolute Gasteiger partial charge is 0.439 e. The van der Waals surface area contributed by atoms with E-state index in [1.807, 2.05) is 0 Å². The monoisotopic (exact) mass is 431 g/mol. The molecule has 32 heavy (non-hydrogen) atoms. The minimum absolute atomic E-state index is 0.00515. The first-order valence-corrected chi connectivity index (χ1v) is 9.46. The summed E-state index contributed by atoms with van der Waals surface area (Å²) in [6, 6.07) is 15.8. The molecule has 0 saturated carbocycles. The first kappa shape index (κ1) is 20.5. The number of primary amides is 1. The number of carbonyl (C=O) groups excluding carboxylic acids is 2. The molecule has 0 atom stereocenters. The number of hydrogen-bond donors (Lipinski definition) is 2. The number of amides is 2. The summed E-state index contributed by atoms with van der Waals surface area (Å²) in [6.07, 6.45) is 3.14. The van der Waals surface area contributed by atoms with Crippen molar-refractivity contribution in [1.82, 2.24) is 9.55 Å². The maximum absolute atomic E-state index is 12.4. The average Bonchev–Trinajstić information content (AvgIpc) is 3.17. The number of non-ortho nitro benzene ring substituents is 1. The second-order valence-electron chi connectivity index (χ2n) is 6.87. The summed E-state index contributed by atoms with van der Waals surface area (Å²) >= 11 is 0. The molecule has 0 aliphatic rings. The second kappa shape index (κ2) is 8.56. The van der Waals surface area contributed by atoms with Crippen LogP contribution in [0.25, 0.3) is 10.9 Å². The Kier molecular flexibility index (Phi) is 5.49. The maximum atomic E-state index is 12.4. The van der Waals surface area contributed by atoms with Crippen LogP contribution >= 0.6 is 0 Å². The number of nitrogens with zero attached hydrogens (tertiary/aromatic N) is 3. The lowest BCUT2D eigenvalue weighted by molar-refractivity contribution is -0.384. The van der Waals surface area contributed by atoms with Gasteiger partial charge in [0.1, 0.15) is 12.3 Å². The Morgan fingerprint density at radius 2 is 1.97 bits per heavy atom. The van der Waals surface area contributed by atoms with Crippen LogP contribution in [0.5, 0.6) is 11.6 Å². The van der Waals surface area contributed by atoms with Crippen molar-refractivity contribution in [2.45, 2.75) is 6.54 Å². The van der Waals surface area contributed by atoms with E-state index >= 15 is 0 Å². The van der Waals surface area contributed by atoms with Crippen molar-refractivity contribution >= 4 is 34.1 Å². The topological polar surface area (TPSA) is 142 Å². The Morgan fingerprint density at radius 1 is 1.12 bits per heavy atom. The van der Waals surface area contributed by atoms with Crippen LogP contribution in [0.1, 0.15) is 10.4 Å². The average molecular weight is 431 g/mol. The molecule has 2 aromatic carbocycles. The van der Waals surface area contributed by atoms with E-state index in [1.165, 1.54) is 24.4 Å². The van der Waals surface area contributed by atoms with Gasteiger partial charge in [0.25, 0.3) is 5.69 Å². The molecule has 2 amide bonds. The van der Waals surface area contributed by atoms with Gasteiger partial charge in [-0.15, -0.1) is 0 Å². The van der Waals surface area contributed by atoms with E-state index in [-0.39, 0.29) is 24.0 Å². The number of aromatic nitrogens is 2. The molecule has 4 aromatic rings. The number of anilines is 1. The number of nitrogens with one attached hydrogen (secondary N) is 1. The molecule has 10 nitrogen and oxygen atoms in total. The molecule has 0 spiro atoms. The predicted molar refractivity (Wildman–Crippen MR) is 116 cm³/mol. The molecule has 10 heteroatoms. The number of nitro benzene ring substituents is 1. The molecular weight excluding hydrogens is 414 g/mol. The van der Waals surface area contributed by atoms with Gasteiger partial charge in [-0.05, 0) is 36.4 Å². The first-order chi connectivity index (χ1) is 15.4. The lowest BCUT2D eigenvalue weighted by Gasteiger charge is -2.09. The van der Waals surface area contributed by atoms with Crippen molar-refractivity contribution in [2.24, 2.45) is 5.73 Å². The zero-order valence-corrected chi connectivity index (χ0v) is 16.6. The quantitative estimate of drug-likeness (QED) is 0.339. The Bertz CT molecular complexity index is 1330. The molecule has 0 unspecified atom stereocenters. The molecule has 0 bridgehead atoms. The zero-order chi connectivity index (χ0) is 22.7. The fourth-order valence-corrected chi connectivity index (χ4v) is 3.14. The number of carbonyl (C=O) groups is 2. The smallest absolute Gasteiger partial charge is 0.270 e. The van der Waals surface area contributed by atoms with Crippen LogP contribution in [-0.4, -0.2) is 26.3 Å². The van der Waals surface area contributed by atoms with E-state index in [1.54, 1.807) is 53.2 Å². The van der Waals surface area contributed by atoms with Crippen molar-refractivity contribution in [3.63, 3.8) is 0 Å². The molecule has 4 rings (SSSR count). The molecule has 0 aliphatic heterocycles. The molecule has 0 radical (unpaired) electrons. The highest BCUT2D eigenvalue weighted by atomic mass is 16.6. The van der Waals surface area contributed by atoms with Crippen LogP contribution in [0.2, 0.25) is 0 Å². The minimum Gasteiger partial charge on any atom is -0.439 e. The summed E-state index contributed by atoms with van der Waals surface area (Å²) in [5, 5.41) is 14.3. The van der Waals surface area contributed by atoms with Crippen molar-refractivity contribution in [1.29, 1.82) is 0 Å². The van der Waals surface area contributed by atoms with Crippen LogP contribution in [0.4, 0.5) is 11.4 Å². The number of rotatable bonds is 7. The highest BCUT2D eigenvalue weighted by Gasteiger charge is 2.11. The van der Waals surface area contributed by atoms with Crippen molar-refractivity contribution < 1.29 is 19.2 Å². The Labute approximate surface area is 181 Å². The fourth-order valence-electron chi connectivity index (χ4n) is 3.14. The van der Waals surface area contributed by atoms with E-state index in [9.17, 15) is 19.7 Å². The number of benzene rings is 2. The minimum atomic E-state index is -0.560. The number of nitrogens with two attached hydrogens (primary N) is 1. The van der Waals surface area contributed by atoms with Gasteiger partial charge in [-0.3, -0.25) is 19.7 Å². The highest BCUT2D eigenvalue weighted by Crippen LogP contribution is 2.23. The van der Waals surface area contributed by atoms with Crippen molar-refractivity contribution in [2.75, 3.05) is 5.32 Å². The summed E-state index contributed by atoms with van der Waals surface area (Å²) in [5.74, 6) is -0.159. The lowest BCUT2D eigenvalue weighted by Crippen LogP contribution is -2.18. The maximum Gasteiger partial charge on any atom is 0.270 e. The molecule has 0 saturated heterocycles. The third-order valence-electron chi connectivity index (χ3n) is 4.64. The van der Waals surface area contributed by atoms with E-state index in [2.05, 4.69) is 10.3 Å². The molecule has 0 aliphatic carbocycles. The summed E-state index contributed by atoms with van der Waals surface area (Å²) in [7, 11) is 0. The van der Waals surface area contributed by atoms with Crippen molar-refractivity contribution in [3.8, 4) is 11.6 Å². The van der Waals surface area contributed by atoms with Crippen LogP contribution in [0.3, 0.4) is 0 Å². The normalized spacial score (nSPS) is 10.6. The summed E-state index contributed by atoms with van der Waals surface area (Å²) in [4.78, 5) is 38.3. The van der Waals surface area contributed by atoms with Gasteiger partial charge < -0.3 is 20.4 Å². The number of fused-ring (bicyclic) bond motifs is 1. The molecule has 0 fully saturated rings. The zero-order valence-electron chi connectivity index (χ0n) is 16.6. The van der Waals surface area contributed by atoms with Gasteiger partial charge in [-0.2, -0.15) is 0 Å². The summed E-state index contributed by atoms with van der Waals surface area (Å²) < 4.78 is 7.30. The lowest BCUT2D eigenvalue weighted by atomic mass is 10.2. The predicted octanol–water partition coefficient (Wildman–Crippen LogP) is 3.47. The van der Waals surface area contributed by atoms with Crippen LogP contribution in [0.15, 0.2) is 73.1 Å². The summed E-state index contributed by atoms with van der Waals surface area (Å²) in [5.41, 5.74) is 6.76. The Balaban J connectivity index is 1.40. The van der Waals surface area contributed by atoms with Gasteiger partial charge in [-0.25, -0.2) is 4.98 Å². The van der Waals surface area contributed by atoms with E-state index in [4.69, 9.17) is 10.5 Å². The second-order valence-corrected chi connectivity index (χ2v) is 6.87.